The van der Waals surface area contributed by atoms with Gasteiger partial charge in [0.25, 0.3) is 0 Å². The third kappa shape index (κ3) is 3.47. The van der Waals surface area contributed by atoms with Crippen LogP contribution in [0.3, 0.4) is 0 Å². The van der Waals surface area contributed by atoms with Crippen LogP contribution in [0.15, 0.2) is 36.4 Å². The van der Waals surface area contributed by atoms with Gasteiger partial charge in [-0.05, 0) is 41.9 Å². The van der Waals surface area contributed by atoms with Crippen LogP contribution in [-0.2, 0) is 6.54 Å². The Kier molecular flexibility index (Phi) is 4.81. The molecule has 0 saturated heterocycles. The van der Waals surface area contributed by atoms with E-state index in [9.17, 15) is 4.39 Å². The zero-order valence-electron chi connectivity index (χ0n) is 10.5. The fourth-order valence-electron chi connectivity index (χ4n) is 1.83. The molecule has 100 valence electrons. The summed E-state index contributed by atoms with van der Waals surface area (Å²) in [6.45, 7) is 3.30. The topological polar surface area (TPSA) is 12.0 Å². The Labute approximate surface area is 122 Å². The second kappa shape index (κ2) is 6.38. The lowest BCUT2D eigenvalue weighted by molar-refractivity contribution is 0.593. The van der Waals surface area contributed by atoms with E-state index in [4.69, 9.17) is 23.2 Å². The molecule has 19 heavy (non-hydrogen) atoms. The van der Waals surface area contributed by atoms with Crippen molar-refractivity contribution in [2.24, 2.45) is 0 Å². The van der Waals surface area contributed by atoms with E-state index in [2.05, 4.69) is 5.32 Å². The quantitative estimate of drug-likeness (QED) is 0.845. The molecule has 4 heteroatoms. The Hall–Kier alpha value is -1.09. The average molecular weight is 298 g/mol. The van der Waals surface area contributed by atoms with Gasteiger partial charge < -0.3 is 5.32 Å². The average Bonchev–Trinajstić information content (AvgIpc) is 2.41. The summed E-state index contributed by atoms with van der Waals surface area (Å²) in [6, 6.07) is 10.5. The van der Waals surface area contributed by atoms with E-state index >= 15 is 0 Å². The Bertz CT molecular complexity index is 584. The van der Waals surface area contributed by atoms with Crippen molar-refractivity contribution < 1.29 is 4.39 Å². The number of hydrogen-bond donors (Lipinski definition) is 1. The highest BCUT2D eigenvalue weighted by molar-refractivity contribution is 6.42. The third-order valence-electron chi connectivity index (χ3n) is 2.86. The van der Waals surface area contributed by atoms with Gasteiger partial charge >= 0.3 is 0 Å². The Morgan fingerprint density at radius 1 is 1.00 bits per heavy atom. The van der Waals surface area contributed by atoms with Crippen LogP contribution in [0.5, 0.6) is 0 Å². The summed E-state index contributed by atoms with van der Waals surface area (Å²) >= 11 is 11.9. The molecule has 0 aromatic heterocycles. The van der Waals surface area contributed by atoms with E-state index in [1.54, 1.807) is 18.2 Å². The summed E-state index contributed by atoms with van der Waals surface area (Å²) in [5.74, 6) is -0.204. The Morgan fingerprint density at radius 3 is 2.37 bits per heavy atom. The van der Waals surface area contributed by atoms with Gasteiger partial charge in [0, 0.05) is 12.1 Å². The molecule has 0 spiro atoms. The van der Waals surface area contributed by atoms with Gasteiger partial charge in [-0.15, -0.1) is 0 Å². The Morgan fingerprint density at radius 2 is 1.68 bits per heavy atom. The summed E-state index contributed by atoms with van der Waals surface area (Å²) < 4.78 is 13.7. The minimum Gasteiger partial charge on any atom is -0.313 e. The molecule has 0 radical (unpaired) electrons. The first-order valence-corrected chi connectivity index (χ1v) is 6.82. The van der Waals surface area contributed by atoms with Crippen molar-refractivity contribution in [3.05, 3.63) is 57.8 Å². The highest BCUT2D eigenvalue weighted by atomic mass is 35.5. The number of nitrogens with one attached hydrogen (secondary N) is 1. The highest BCUT2D eigenvalue weighted by Gasteiger charge is 2.06. The van der Waals surface area contributed by atoms with Crippen LogP contribution < -0.4 is 5.32 Å². The molecular weight excluding hydrogens is 284 g/mol. The summed E-state index contributed by atoms with van der Waals surface area (Å²) in [4.78, 5) is 0. The zero-order chi connectivity index (χ0) is 13.8. The molecule has 0 aliphatic heterocycles. The first-order chi connectivity index (χ1) is 9.11. The largest absolute Gasteiger partial charge is 0.313 e. The van der Waals surface area contributed by atoms with Gasteiger partial charge in [0.05, 0.1) is 10.0 Å². The monoisotopic (exact) mass is 297 g/mol. The SMILES string of the molecule is CCNCc1cc(-c2ccc(Cl)c(Cl)c2)ccc1F. The van der Waals surface area contributed by atoms with Crippen molar-refractivity contribution in [2.45, 2.75) is 13.5 Å². The van der Waals surface area contributed by atoms with E-state index < -0.39 is 0 Å². The maximum Gasteiger partial charge on any atom is 0.127 e. The van der Waals surface area contributed by atoms with Crippen molar-refractivity contribution in [2.75, 3.05) is 6.54 Å². The van der Waals surface area contributed by atoms with Crippen molar-refractivity contribution in [1.82, 2.24) is 5.32 Å². The number of halogens is 3. The van der Waals surface area contributed by atoms with Gasteiger partial charge in [0.1, 0.15) is 5.82 Å². The van der Waals surface area contributed by atoms with E-state index in [0.29, 0.717) is 22.2 Å². The third-order valence-corrected chi connectivity index (χ3v) is 3.60. The van der Waals surface area contributed by atoms with Crippen LogP contribution in [0.25, 0.3) is 11.1 Å². The molecule has 0 bridgehead atoms. The predicted molar refractivity (Wildman–Crippen MR) is 79.2 cm³/mol. The minimum absolute atomic E-state index is 0.204. The molecule has 0 saturated carbocycles. The van der Waals surface area contributed by atoms with Gasteiger partial charge in [-0.25, -0.2) is 4.39 Å². The second-order valence-corrected chi connectivity index (χ2v) is 5.03. The van der Waals surface area contributed by atoms with Gasteiger partial charge in [0.15, 0.2) is 0 Å². The van der Waals surface area contributed by atoms with Crippen LogP contribution in [0.2, 0.25) is 10.0 Å². The van der Waals surface area contributed by atoms with E-state index in [-0.39, 0.29) is 5.82 Å². The lowest BCUT2D eigenvalue weighted by Crippen LogP contribution is -2.12. The van der Waals surface area contributed by atoms with Gasteiger partial charge in [-0.2, -0.15) is 0 Å². The first kappa shape index (κ1) is 14.3. The molecule has 1 nitrogen and oxygen atoms in total. The summed E-state index contributed by atoms with van der Waals surface area (Å²) in [7, 11) is 0. The standard InChI is InChI=1S/C15H14Cl2FN/c1-2-19-9-12-7-10(4-6-15(12)18)11-3-5-13(16)14(17)8-11/h3-8,19H,2,9H2,1H3. The molecule has 0 heterocycles. The molecule has 1 N–H and O–H groups in total. The van der Waals surface area contributed by atoms with Crippen LogP contribution in [-0.4, -0.2) is 6.54 Å². The maximum atomic E-state index is 13.7. The second-order valence-electron chi connectivity index (χ2n) is 4.22. The van der Waals surface area contributed by atoms with Crippen LogP contribution in [0.1, 0.15) is 12.5 Å². The lowest BCUT2D eigenvalue weighted by Gasteiger charge is -2.08. The number of hydrogen-bond acceptors (Lipinski definition) is 1. The van der Waals surface area contributed by atoms with Crippen molar-refractivity contribution in [1.29, 1.82) is 0 Å². The normalized spacial score (nSPS) is 10.7. The molecule has 2 aromatic rings. The summed E-state index contributed by atoms with van der Waals surface area (Å²) in [6.07, 6.45) is 0. The van der Waals surface area contributed by atoms with Gasteiger partial charge in [-0.3, -0.25) is 0 Å². The minimum atomic E-state index is -0.204. The molecule has 0 unspecified atom stereocenters. The van der Waals surface area contributed by atoms with Gasteiger partial charge in [-0.1, -0.05) is 42.3 Å². The maximum absolute atomic E-state index is 13.7. The lowest BCUT2D eigenvalue weighted by atomic mass is 10.0. The fraction of sp³-hybridized carbons (Fsp3) is 0.200. The van der Waals surface area contributed by atoms with Crippen molar-refractivity contribution in [3.63, 3.8) is 0 Å². The van der Waals surface area contributed by atoms with Crippen LogP contribution >= 0.6 is 23.2 Å². The van der Waals surface area contributed by atoms with E-state index in [0.717, 1.165) is 17.7 Å². The zero-order valence-corrected chi connectivity index (χ0v) is 12.0. The molecule has 0 amide bonds. The summed E-state index contributed by atoms with van der Waals surface area (Å²) in [5.41, 5.74) is 2.49. The number of rotatable bonds is 4. The summed E-state index contributed by atoms with van der Waals surface area (Å²) in [5, 5.41) is 4.13. The van der Waals surface area contributed by atoms with Gasteiger partial charge in [0.2, 0.25) is 0 Å². The first-order valence-electron chi connectivity index (χ1n) is 6.06. The molecule has 0 atom stereocenters. The molecule has 0 aliphatic carbocycles. The molecule has 0 aliphatic rings. The van der Waals surface area contributed by atoms with E-state index in [1.165, 1.54) is 6.07 Å². The van der Waals surface area contributed by atoms with Crippen LogP contribution in [0, 0.1) is 5.82 Å². The fourth-order valence-corrected chi connectivity index (χ4v) is 2.12. The van der Waals surface area contributed by atoms with Crippen molar-refractivity contribution >= 4 is 23.2 Å². The molecule has 2 rings (SSSR count). The molecule has 2 aromatic carbocycles. The molecular formula is C15H14Cl2FN. The Balaban J connectivity index is 2.36. The highest BCUT2D eigenvalue weighted by Crippen LogP contribution is 2.29. The predicted octanol–water partition coefficient (Wildman–Crippen LogP) is 4.91. The van der Waals surface area contributed by atoms with Crippen molar-refractivity contribution in [3.8, 4) is 11.1 Å². The number of benzene rings is 2. The van der Waals surface area contributed by atoms with Crippen LogP contribution in [0.4, 0.5) is 4.39 Å². The van der Waals surface area contributed by atoms with E-state index in [1.807, 2.05) is 19.1 Å². The molecule has 0 fully saturated rings. The smallest absolute Gasteiger partial charge is 0.127 e.